The fraction of sp³-hybridized carbons (Fsp3) is 0.483. The summed E-state index contributed by atoms with van der Waals surface area (Å²) in [4.78, 5) is 40.4. The van der Waals surface area contributed by atoms with Gasteiger partial charge in [0.2, 0.25) is 5.91 Å². The van der Waals surface area contributed by atoms with E-state index in [1.54, 1.807) is 45.8 Å². The number of aromatic hydroxyl groups is 1. The van der Waals surface area contributed by atoms with E-state index >= 15 is 0 Å². The van der Waals surface area contributed by atoms with Crippen LogP contribution in [0.2, 0.25) is 0 Å². The van der Waals surface area contributed by atoms with Crippen molar-refractivity contribution in [2.45, 2.75) is 44.8 Å². The fourth-order valence-electron chi connectivity index (χ4n) is 7.22. The largest absolute Gasteiger partial charge is 0.511 e. The zero-order valence-corrected chi connectivity index (χ0v) is 23.4. The number of rotatable bonds is 6. The number of likely N-dealkylation sites (N-methyl/N-ethyl adjacent to an activating group) is 1. The Hall–Kier alpha value is -3.51. The number of nitrogens with zero attached hydrogens (tertiary/aromatic N) is 1. The molecule has 9 N–H and O–H groups in total. The molecule has 3 aliphatic carbocycles. The average molecular weight is 555 g/mol. The first-order chi connectivity index (χ1) is 18.6. The van der Waals surface area contributed by atoms with E-state index in [1.165, 1.54) is 6.07 Å². The number of carbonyl (C=O) groups excluding carboxylic acids is 3. The highest BCUT2D eigenvalue weighted by atomic mass is 16.3. The molecule has 0 bridgehead atoms. The van der Waals surface area contributed by atoms with E-state index in [0.717, 1.165) is 0 Å². The molecule has 0 aliphatic heterocycles. The van der Waals surface area contributed by atoms with Crippen LogP contribution < -0.4 is 16.8 Å². The number of aliphatic hydroxyl groups is 3. The first-order valence-electron chi connectivity index (χ1n) is 13.2. The van der Waals surface area contributed by atoms with Gasteiger partial charge in [-0.15, -0.1) is 0 Å². The molecule has 0 unspecified atom stereocenters. The Kier molecular flexibility index (Phi) is 7.25. The van der Waals surface area contributed by atoms with Crippen molar-refractivity contribution in [3.8, 4) is 5.75 Å². The minimum Gasteiger partial charge on any atom is -0.511 e. The van der Waals surface area contributed by atoms with Gasteiger partial charge in [-0.3, -0.25) is 14.4 Å². The number of nitrogens with one attached hydrogen (secondary N) is 1. The van der Waals surface area contributed by atoms with Gasteiger partial charge < -0.3 is 42.1 Å². The lowest BCUT2D eigenvalue weighted by Crippen LogP contribution is -2.70. The SMILES string of the molecule is C=C1C2=C(O)[C@]3(CO)C(=O)C(C(N)=O)=C(C)[C@@H](CC)[C@@H]3[C@@H](O)[C@]2(N)[C@@H](C)c2ccc(NC(=O)CN(C)C)c(O)c21. The number of benzene rings is 1. The highest BCUT2D eigenvalue weighted by Gasteiger charge is 2.68. The number of amides is 2. The van der Waals surface area contributed by atoms with Gasteiger partial charge in [-0.2, -0.15) is 0 Å². The van der Waals surface area contributed by atoms with Crippen molar-refractivity contribution in [3.63, 3.8) is 0 Å². The molecule has 1 aromatic rings. The predicted octanol–water partition coefficient (Wildman–Crippen LogP) is 0.912. The number of hydrogen-bond acceptors (Lipinski definition) is 9. The second-order valence-electron chi connectivity index (χ2n) is 11.4. The maximum absolute atomic E-state index is 13.9. The van der Waals surface area contributed by atoms with Crippen molar-refractivity contribution >= 4 is 28.9 Å². The van der Waals surface area contributed by atoms with Crippen LogP contribution in [-0.2, 0) is 14.4 Å². The van der Waals surface area contributed by atoms with Gasteiger partial charge in [-0.1, -0.05) is 32.1 Å². The van der Waals surface area contributed by atoms with Crippen LogP contribution in [0.25, 0.3) is 5.57 Å². The summed E-state index contributed by atoms with van der Waals surface area (Å²) in [6.45, 7) is 8.33. The van der Waals surface area contributed by atoms with Crippen molar-refractivity contribution in [1.82, 2.24) is 4.90 Å². The number of phenols is 1. The molecule has 2 amide bonds. The number of carbonyl (C=O) groups is 3. The number of primary amides is 1. The monoisotopic (exact) mass is 554 g/mol. The lowest BCUT2D eigenvalue weighted by Gasteiger charge is -2.59. The Bertz CT molecular complexity index is 1400. The Morgan fingerprint density at radius 1 is 1.23 bits per heavy atom. The molecule has 4 rings (SSSR count). The molecule has 11 nitrogen and oxygen atoms in total. The summed E-state index contributed by atoms with van der Waals surface area (Å²) in [5.41, 5.74) is 9.54. The smallest absolute Gasteiger partial charge is 0.252 e. The van der Waals surface area contributed by atoms with Crippen molar-refractivity contribution < 1.29 is 34.8 Å². The van der Waals surface area contributed by atoms with Crippen LogP contribution >= 0.6 is 0 Å². The molecule has 0 saturated carbocycles. The number of fused-ring (bicyclic) bond motifs is 3. The van der Waals surface area contributed by atoms with Crippen molar-refractivity contribution in [3.05, 3.63) is 52.3 Å². The van der Waals surface area contributed by atoms with Gasteiger partial charge in [-0.25, -0.2) is 0 Å². The first kappa shape index (κ1) is 29.5. The quantitative estimate of drug-likeness (QED) is 0.197. The van der Waals surface area contributed by atoms with E-state index in [4.69, 9.17) is 11.5 Å². The molecular weight excluding hydrogens is 516 g/mol. The Balaban J connectivity index is 2.01. The minimum atomic E-state index is -2.12. The second-order valence-corrected chi connectivity index (χ2v) is 11.4. The molecule has 11 heteroatoms. The number of anilines is 1. The van der Waals surface area contributed by atoms with Crippen molar-refractivity contribution in [2.24, 2.45) is 28.7 Å². The Labute approximate surface area is 232 Å². The van der Waals surface area contributed by atoms with Crippen LogP contribution in [0.3, 0.4) is 0 Å². The third-order valence-electron chi connectivity index (χ3n) is 9.17. The van der Waals surface area contributed by atoms with E-state index in [9.17, 15) is 34.8 Å². The minimum absolute atomic E-state index is 0.0207. The molecular formula is C29H38N4O7. The van der Waals surface area contributed by atoms with E-state index in [-0.39, 0.29) is 46.2 Å². The maximum Gasteiger partial charge on any atom is 0.252 e. The van der Waals surface area contributed by atoms with E-state index in [1.807, 2.05) is 0 Å². The highest BCUT2D eigenvalue weighted by Crippen LogP contribution is 2.63. The molecule has 0 heterocycles. The van der Waals surface area contributed by atoms with Crippen LogP contribution in [0, 0.1) is 17.3 Å². The van der Waals surface area contributed by atoms with Gasteiger partial charge in [0.15, 0.2) is 5.78 Å². The van der Waals surface area contributed by atoms with Crippen LogP contribution in [0.15, 0.2) is 41.2 Å². The van der Waals surface area contributed by atoms with Crippen LogP contribution in [0.1, 0.15) is 44.2 Å². The molecule has 0 aromatic heterocycles. The van der Waals surface area contributed by atoms with Gasteiger partial charge in [0.1, 0.15) is 16.9 Å². The topological polar surface area (TPSA) is 199 Å². The number of aliphatic hydroxyl groups excluding tert-OH is 3. The third-order valence-corrected chi connectivity index (χ3v) is 9.17. The molecule has 0 saturated heterocycles. The summed E-state index contributed by atoms with van der Waals surface area (Å²) >= 11 is 0. The molecule has 3 aliphatic rings. The van der Waals surface area contributed by atoms with Gasteiger partial charge in [0.05, 0.1) is 36.1 Å². The molecule has 40 heavy (non-hydrogen) atoms. The van der Waals surface area contributed by atoms with Gasteiger partial charge in [0.25, 0.3) is 5.91 Å². The van der Waals surface area contributed by atoms with Crippen molar-refractivity contribution in [2.75, 3.05) is 32.6 Å². The van der Waals surface area contributed by atoms with Crippen LogP contribution in [0.5, 0.6) is 5.75 Å². The Morgan fingerprint density at radius 3 is 2.38 bits per heavy atom. The maximum atomic E-state index is 13.9. The summed E-state index contributed by atoms with van der Waals surface area (Å²) in [7, 11) is 3.45. The molecule has 0 spiro atoms. The number of hydrogen-bond donors (Lipinski definition) is 7. The molecule has 1 aromatic carbocycles. The number of Topliss-reactive ketones (excluding diaryl/α,β-unsaturated/α-hetero) is 1. The van der Waals surface area contributed by atoms with E-state index in [2.05, 4.69) is 11.9 Å². The molecule has 0 fully saturated rings. The van der Waals surface area contributed by atoms with E-state index < -0.39 is 58.9 Å². The summed E-state index contributed by atoms with van der Waals surface area (Å²) in [5, 5.41) is 48.7. The summed E-state index contributed by atoms with van der Waals surface area (Å²) in [5.74, 6) is -5.64. The second kappa shape index (κ2) is 9.84. The molecule has 216 valence electrons. The fourth-order valence-corrected chi connectivity index (χ4v) is 7.22. The van der Waals surface area contributed by atoms with Gasteiger partial charge in [-0.05, 0) is 50.6 Å². The zero-order chi connectivity index (χ0) is 30.1. The normalized spacial score (nSPS) is 31.6. The Morgan fingerprint density at radius 2 is 1.85 bits per heavy atom. The average Bonchev–Trinajstić information content (AvgIpc) is 2.86. The van der Waals surface area contributed by atoms with Crippen LogP contribution in [-0.4, -0.2) is 81.8 Å². The summed E-state index contributed by atoms with van der Waals surface area (Å²) < 4.78 is 0. The van der Waals surface area contributed by atoms with Gasteiger partial charge >= 0.3 is 0 Å². The molecule has 0 radical (unpaired) electrons. The summed E-state index contributed by atoms with van der Waals surface area (Å²) in [6, 6.07) is 3.20. The number of nitrogens with two attached hydrogens (primary N) is 2. The molecule has 6 atom stereocenters. The third kappa shape index (κ3) is 3.68. The van der Waals surface area contributed by atoms with Crippen LogP contribution in [0.4, 0.5) is 5.69 Å². The number of ketones is 1. The number of allylic oxidation sites excluding steroid dienone is 1. The predicted molar refractivity (Wildman–Crippen MR) is 149 cm³/mol. The standard InChI is InChI=1S/C29H38N4O7/c1-7-15-12(2)20(27(30)40)24(37)28(11-34)22(15)26(39)29(31)14(4)16-8-9-17(32-18(35)10-33(5)6)23(36)19(16)13(3)21(29)25(28)38/h8-9,14-15,22,26,34,36,38-39H,3,7,10-11,31H2,1-2,4-6H3,(H2,30,40)(H,32,35)/t14-,15+,22+,26+,28-,29-/m0/s1. The van der Waals surface area contributed by atoms with Crippen molar-refractivity contribution in [1.29, 1.82) is 0 Å². The number of phenolic OH excluding ortho intramolecular Hbond substituents is 1. The van der Waals surface area contributed by atoms with E-state index in [0.29, 0.717) is 17.6 Å². The zero-order valence-electron chi connectivity index (χ0n) is 23.4. The lowest BCUT2D eigenvalue weighted by atomic mass is 9.46. The summed E-state index contributed by atoms with van der Waals surface area (Å²) in [6.07, 6.45) is -1.12. The first-order valence-corrected chi connectivity index (χ1v) is 13.2. The highest BCUT2D eigenvalue weighted by molar-refractivity contribution is 6.23. The lowest BCUT2D eigenvalue weighted by molar-refractivity contribution is -0.147. The van der Waals surface area contributed by atoms with Gasteiger partial charge in [0, 0.05) is 23.0 Å².